The van der Waals surface area contributed by atoms with E-state index in [1.165, 1.54) is 70.6 Å². The zero-order valence-electron chi connectivity index (χ0n) is 13.8. The number of aliphatic hydroxyl groups is 2. The monoisotopic (exact) mass is 362 g/mol. The zero-order chi connectivity index (χ0) is 15.5. The minimum absolute atomic E-state index is 0.190. The topological polar surface area (TPSA) is 40.5 Å². The molecule has 21 heavy (non-hydrogen) atoms. The third-order valence-electron chi connectivity index (χ3n) is 4.91. The van der Waals surface area contributed by atoms with Crippen molar-refractivity contribution in [1.82, 2.24) is 0 Å². The van der Waals surface area contributed by atoms with Crippen molar-refractivity contribution in [2.75, 3.05) is 0 Å². The summed E-state index contributed by atoms with van der Waals surface area (Å²) in [4.78, 5) is 0.340. The predicted molar refractivity (Wildman–Crippen MR) is 93.9 cm³/mol. The van der Waals surface area contributed by atoms with Gasteiger partial charge in [0.1, 0.15) is 0 Å². The Kier molecular flexibility index (Phi) is 11.0. The Morgan fingerprint density at radius 2 is 1.10 bits per heavy atom. The van der Waals surface area contributed by atoms with Crippen molar-refractivity contribution in [2.45, 2.75) is 107 Å². The van der Waals surface area contributed by atoms with E-state index in [0.29, 0.717) is 4.83 Å². The maximum absolute atomic E-state index is 10.3. The van der Waals surface area contributed by atoms with Gasteiger partial charge in [-0.1, -0.05) is 86.6 Å². The zero-order valence-corrected chi connectivity index (χ0v) is 15.4. The van der Waals surface area contributed by atoms with Crippen LogP contribution in [-0.2, 0) is 0 Å². The van der Waals surface area contributed by atoms with E-state index in [2.05, 4.69) is 15.9 Å². The van der Waals surface area contributed by atoms with Gasteiger partial charge in [0.05, 0.1) is 12.2 Å². The van der Waals surface area contributed by atoms with Crippen LogP contribution < -0.4 is 0 Å². The van der Waals surface area contributed by atoms with Crippen LogP contribution >= 0.6 is 15.9 Å². The van der Waals surface area contributed by atoms with Gasteiger partial charge in [-0.25, -0.2) is 0 Å². The second kappa shape index (κ2) is 11.9. The molecule has 0 aromatic heterocycles. The number of aliphatic hydroxyl groups excluding tert-OH is 2. The van der Waals surface area contributed by atoms with E-state index in [9.17, 15) is 10.2 Å². The summed E-state index contributed by atoms with van der Waals surface area (Å²) in [6.07, 6.45) is 15.5. The molecule has 1 fully saturated rings. The fourth-order valence-electron chi connectivity index (χ4n) is 3.45. The van der Waals surface area contributed by atoms with Crippen molar-refractivity contribution >= 4 is 15.9 Å². The molecule has 1 aliphatic carbocycles. The van der Waals surface area contributed by atoms with Gasteiger partial charge in [0.15, 0.2) is 0 Å². The summed E-state index contributed by atoms with van der Waals surface area (Å²) in [5.74, 6) is 0.190. The third kappa shape index (κ3) is 8.56. The van der Waals surface area contributed by atoms with E-state index in [1.807, 2.05) is 0 Å². The van der Waals surface area contributed by atoms with Crippen LogP contribution in [0.1, 0.15) is 90.4 Å². The summed E-state index contributed by atoms with van der Waals surface area (Å²) in [5, 5.41) is 20.0. The Morgan fingerprint density at radius 1 is 0.714 bits per heavy atom. The Labute approximate surface area is 139 Å². The number of hydrogen-bond acceptors (Lipinski definition) is 2. The molecule has 1 rings (SSSR count). The highest BCUT2D eigenvalue weighted by atomic mass is 79.9. The lowest BCUT2D eigenvalue weighted by atomic mass is 9.87. The maximum atomic E-state index is 10.3. The summed E-state index contributed by atoms with van der Waals surface area (Å²) in [5.41, 5.74) is 0. The molecule has 2 nitrogen and oxygen atoms in total. The van der Waals surface area contributed by atoms with Crippen LogP contribution in [0, 0.1) is 5.92 Å². The van der Waals surface area contributed by atoms with Gasteiger partial charge in [-0.15, -0.1) is 0 Å². The molecule has 3 heteroatoms. The summed E-state index contributed by atoms with van der Waals surface area (Å²) < 4.78 is 0. The fraction of sp³-hybridized carbons (Fsp3) is 1.00. The lowest BCUT2D eigenvalue weighted by molar-refractivity contribution is -0.0110. The second-order valence-corrected chi connectivity index (χ2v) is 8.05. The SMILES string of the molecule is CC(O)C(O)C1CCCCCCCCCCCCCC1Br. The highest BCUT2D eigenvalue weighted by Crippen LogP contribution is 2.29. The molecule has 0 amide bonds. The largest absolute Gasteiger partial charge is 0.391 e. The molecule has 1 saturated carbocycles. The van der Waals surface area contributed by atoms with Crippen molar-refractivity contribution in [3.63, 3.8) is 0 Å². The molecule has 0 aliphatic heterocycles. The quantitative estimate of drug-likeness (QED) is 0.663. The molecule has 0 radical (unpaired) electrons. The molecular weight excluding hydrogens is 328 g/mol. The molecule has 0 heterocycles. The number of hydrogen-bond donors (Lipinski definition) is 2. The lowest BCUT2D eigenvalue weighted by Gasteiger charge is -2.29. The highest BCUT2D eigenvalue weighted by Gasteiger charge is 2.28. The smallest absolute Gasteiger partial charge is 0.0835 e. The molecule has 1 aliphatic rings. The van der Waals surface area contributed by atoms with Crippen molar-refractivity contribution in [1.29, 1.82) is 0 Å². The number of halogens is 1. The molecule has 2 N–H and O–H groups in total. The van der Waals surface area contributed by atoms with Gasteiger partial charge >= 0.3 is 0 Å². The molecular formula is C18H35BrO2. The predicted octanol–water partition coefficient (Wildman–Crippen LogP) is 5.19. The van der Waals surface area contributed by atoms with E-state index < -0.39 is 12.2 Å². The first-order chi connectivity index (χ1) is 10.1. The van der Waals surface area contributed by atoms with Gasteiger partial charge in [0.25, 0.3) is 0 Å². The minimum atomic E-state index is -0.628. The molecule has 0 saturated heterocycles. The van der Waals surface area contributed by atoms with Crippen molar-refractivity contribution in [2.24, 2.45) is 5.92 Å². The van der Waals surface area contributed by atoms with Crippen LogP contribution in [0.3, 0.4) is 0 Å². The second-order valence-electron chi connectivity index (χ2n) is 6.88. The Bertz CT molecular complexity index is 245. The number of alkyl halides is 1. The Balaban J connectivity index is 2.49. The van der Waals surface area contributed by atoms with Gasteiger partial charge in [0, 0.05) is 4.83 Å². The number of rotatable bonds is 2. The molecule has 0 bridgehead atoms. The van der Waals surface area contributed by atoms with Crippen LogP contribution in [0.5, 0.6) is 0 Å². The molecule has 4 atom stereocenters. The first kappa shape index (κ1) is 19.4. The van der Waals surface area contributed by atoms with Crippen LogP contribution in [-0.4, -0.2) is 27.2 Å². The van der Waals surface area contributed by atoms with Crippen molar-refractivity contribution in [3.8, 4) is 0 Å². The van der Waals surface area contributed by atoms with Crippen LogP contribution in [0.25, 0.3) is 0 Å². The molecule has 4 unspecified atom stereocenters. The summed E-state index contributed by atoms with van der Waals surface area (Å²) in [6.45, 7) is 1.71. The van der Waals surface area contributed by atoms with Crippen molar-refractivity contribution in [3.05, 3.63) is 0 Å². The normalized spacial score (nSPS) is 30.9. The Hall–Kier alpha value is 0.400. The van der Waals surface area contributed by atoms with E-state index in [4.69, 9.17) is 0 Å². The van der Waals surface area contributed by atoms with E-state index in [0.717, 1.165) is 12.8 Å². The Morgan fingerprint density at radius 3 is 1.52 bits per heavy atom. The summed E-state index contributed by atoms with van der Waals surface area (Å²) in [7, 11) is 0. The average Bonchev–Trinajstić information content (AvgIpc) is 2.46. The summed E-state index contributed by atoms with van der Waals surface area (Å²) in [6, 6.07) is 0. The van der Waals surface area contributed by atoms with Gasteiger partial charge in [-0.2, -0.15) is 0 Å². The molecule has 0 aromatic rings. The van der Waals surface area contributed by atoms with Gasteiger partial charge in [-0.3, -0.25) is 0 Å². The van der Waals surface area contributed by atoms with E-state index >= 15 is 0 Å². The maximum Gasteiger partial charge on any atom is 0.0835 e. The van der Waals surface area contributed by atoms with E-state index in [1.54, 1.807) is 6.92 Å². The first-order valence-electron chi connectivity index (χ1n) is 9.13. The first-order valence-corrected chi connectivity index (χ1v) is 10.0. The average molecular weight is 363 g/mol. The van der Waals surface area contributed by atoms with Gasteiger partial charge in [-0.05, 0) is 25.7 Å². The third-order valence-corrected chi connectivity index (χ3v) is 6.05. The highest BCUT2D eigenvalue weighted by molar-refractivity contribution is 9.09. The summed E-state index contributed by atoms with van der Waals surface area (Å²) >= 11 is 3.79. The molecule has 0 aromatic carbocycles. The minimum Gasteiger partial charge on any atom is -0.391 e. The molecule has 0 spiro atoms. The van der Waals surface area contributed by atoms with Crippen LogP contribution in [0.15, 0.2) is 0 Å². The van der Waals surface area contributed by atoms with Gasteiger partial charge < -0.3 is 10.2 Å². The van der Waals surface area contributed by atoms with Crippen LogP contribution in [0.4, 0.5) is 0 Å². The lowest BCUT2D eigenvalue weighted by Crippen LogP contribution is -2.36. The van der Waals surface area contributed by atoms with Crippen LogP contribution in [0.2, 0.25) is 0 Å². The van der Waals surface area contributed by atoms with E-state index in [-0.39, 0.29) is 5.92 Å². The van der Waals surface area contributed by atoms with Crippen molar-refractivity contribution < 1.29 is 10.2 Å². The standard InChI is InChI=1S/C18H35BrO2/c1-15(20)18(21)16-13-11-9-7-5-3-2-4-6-8-10-12-14-17(16)19/h15-18,20-21H,2-14H2,1H3. The van der Waals surface area contributed by atoms with Gasteiger partial charge in [0.2, 0.25) is 0 Å². The molecule has 126 valence electrons. The fourth-order valence-corrected chi connectivity index (χ4v) is 4.35.